The minimum absolute atomic E-state index is 0.187. The van der Waals surface area contributed by atoms with E-state index in [1.165, 1.54) is 6.07 Å². The van der Waals surface area contributed by atoms with Crippen molar-refractivity contribution in [3.63, 3.8) is 0 Å². The number of rotatable bonds is 0. The lowest BCUT2D eigenvalue weighted by Gasteiger charge is -2.03. The topological polar surface area (TPSA) is 15.8 Å². The molecule has 1 N–H and O–H groups in total. The minimum Gasteiger partial charge on any atom is -0.361 e. The van der Waals surface area contributed by atoms with E-state index in [4.69, 9.17) is 0 Å². The number of nitrogens with one attached hydrogen (secondary N) is 1. The fourth-order valence-corrected chi connectivity index (χ4v) is 1.69. The molecule has 0 atom stereocenters. The van der Waals surface area contributed by atoms with Crippen LogP contribution < -0.4 is 0 Å². The Bertz CT molecular complexity index is 472. The molecule has 0 saturated heterocycles. The number of H-pyrrole nitrogens is 1. The van der Waals surface area contributed by atoms with Crippen molar-refractivity contribution in [3.8, 4) is 0 Å². The van der Waals surface area contributed by atoms with Crippen molar-refractivity contribution in [3.05, 3.63) is 34.4 Å². The van der Waals surface area contributed by atoms with Gasteiger partial charge < -0.3 is 4.98 Å². The highest BCUT2D eigenvalue weighted by Gasteiger charge is 2.33. The number of hydrogen-bond acceptors (Lipinski definition) is 0. The summed E-state index contributed by atoms with van der Waals surface area (Å²) in [5.41, 5.74) is -0.144. The Morgan fingerprint density at radius 3 is 2.57 bits per heavy atom. The van der Waals surface area contributed by atoms with Crippen LogP contribution in [0.2, 0.25) is 0 Å². The van der Waals surface area contributed by atoms with Crippen LogP contribution in [0.5, 0.6) is 0 Å². The maximum atomic E-state index is 12.4. The predicted octanol–water partition coefficient (Wildman–Crippen LogP) is 3.95. The highest BCUT2D eigenvalue weighted by Crippen LogP contribution is 2.35. The van der Waals surface area contributed by atoms with Crippen molar-refractivity contribution in [2.45, 2.75) is 6.18 Å². The molecule has 0 bridgehead atoms. The molecule has 0 radical (unpaired) electrons. The second-order valence-electron chi connectivity index (χ2n) is 2.89. The van der Waals surface area contributed by atoms with Crippen molar-refractivity contribution < 1.29 is 13.2 Å². The summed E-state index contributed by atoms with van der Waals surface area (Å²) < 4.78 is 38.0. The minimum atomic E-state index is -4.31. The Morgan fingerprint density at radius 1 is 1.21 bits per heavy atom. The zero-order valence-electron chi connectivity index (χ0n) is 6.82. The largest absolute Gasteiger partial charge is 0.418 e. The fourth-order valence-electron chi connectivity index (χ4n) is 1.33. The molecule has 14 heavy (non-hydrogen) atoms. The second-order valence-corrected chi connectivity index (χ2v) is 3.81. The lowest BCUT2D eigenvalue weighted by atomic mass is 10.2. The van der Waals surface area contributed by atoms with E-state index in [2.05, 4.69) is 20.9 Å². The van der Waals surface area contributed by atoms with Crippen LogP contribution in [0.15, 0.2) is 28.9 Å². The first-order chi connectivity index (χ1) is 6.48. The molecular formula is C9H5BrF3N. The zero-order valence-corrected chi connectivity index (χ0v) is 8.41. The number of benzene rings is 1. The van der Waals surface area contributed by atoms with Crippen molar-refractivity contribution in [2.75, 3.05) is 0 Å². The molecule has 0 spiro atoms. The number of fused-ring (bicyclic) bond motifs is 1. The molecule has 0 saturated carbocycles. The molecule has 0 fully saturated rings. The monoisotopic (exact) mass is 263 g/mol. The van der Waals surface area contributed by atoms with Gasteiger partial charge in [-0.25, -0.2) is 0 Å². The van der Waals surface area contributed by atoms with Gasteiger partial charge in [-0.2, -0.15) is 13.2 Å². The number of aromatic nitrogens is 1. The molecular weight excluding hydrogens is 259 g/mol. The standard InChI is InChI=1S/C9H5BrF3N/c10-5-1-2-8-6(3-5)7(4-14-8)9(11,12)13/h1-4,14H. The third-order valence-electron chi connectivity index (χ3n) is 1.95. The molecule has 0 unspecified atom stereocenters. The summed E-state index contributed by atoms with van der Waals surface area (Å²) in [4.78, 5) is 2.58. The first-order valence-corrected chi connectivity index (χ1v) is 4.61. The van der Waals surface area contributed by atoms with Crippen molar-refractivity contribution in [1.82, 2.24) is 4.98 Å². The van der Waals surface area contributed by atoms with Gasteiger partial charge in [0.15, 0.2) is 0 Å². The summed E-state index contributed by atoms with van der Waals surface area (Å²) in [6, 6.07) is 4.75. The zero-order chi connectivity index (χ0) is 10.3. The third-order valence-corrected chi connectivity index (χ3v) is 2.44. The molecule has 1 aromatic carbocycles. The SMILES string of the molecule is FC(F)(F)c1c[nH]c2ccc(Br)cc12. The Labute approximate surface area is 86.1 Å². The van der Waals surface area contributed by atoms with Gasteiger partial charge in [0.25, 0.3) is 0 Å². The van der Waals surface area contributed by atoms with E-state index in [0.717, 1.165) is 6.20 Å². The summed E-state index contributed by atoms with van der Waals surface area (Å²) in [5, 5.41) is 0.187. The van der Waals surface area contributed by atoms with E-state index in [9.17, 15) is 13.2 Å². The van der Waals surface area contributed by atoms with Gasteiger partial charge in [0.1, 0.15) is 0 Å². The van der Waals surface area contributed by atoms with E-state index in [-0.39, 0.29) is 5.39 Å². The van der Waals surface area contributed by atoms with Crippen molar-refractivity contribution in [1.29, 1.82) is 0 Å². The number of halogens is 4. The lowest BCUT2D eigenvalue weighted by Crippen LogP contribution is -2.03. The van der Waals surface area contributed by atoms with Crippen LogP contribution in [0, 0.1) is 0 Å². The summed E-state index contributed by atoms with van der Waals surface area (Å²) in [7, 11) is 0. The maximum Gasteiger partial charge on any atom is 0.418 e. The molecule has 0 aliphatic rings. The Balaban J connectivity index is 2.73. The molecule has 5 heteroatoms. The van der Waals surface area contributed by atoms with E-state index < -0.39 is 11.7 Å². The van der Waals surface area contributed by atoms with Gasteiger partial charge in [0.2, 0.25) is 0 Å². The van der Waals surface area contributed by atoms with Gasteiger partial charge >= 0.3 is 6.18 Å². The molecule has 74 valence electrons. The van der Waals surface area contributed by atoms with Crippen LogP contribution in [0.4, 0.5) is 13.2 Å². The van der Waals surface area contributed by atoms with E-state index in [1.54, 1.807) is 12.1 Å². The van der Waals surface area contributed by atoms with Crippen LogP contribution in [0.1, 0.15) is 5.56 Å². The average molecular weight is 264 g/mol. The van der Waals surface area contributed by atoms with E-state index >= 15 is 0 Å². The first kappa shape index (κ1) is 9.58. The summed E-state index contributed by atoms with van der Waals surface area (Å²) >= 11 is 3.14. The van der Waals surface area contributed by atoms with Crippen LogP contribution >= 0.6 is 15.9 Å². The Hall–Kier alpha value is -0.970. The van der Waals surface area contributed by atoms with Gasteiger partial charge in [0.05, 0.1) is 5.56 Å². The molecule has 1 heterocycles. The van der Waals surface area contributed by atoms with Gasteiger partial charge in [-0.05, 0) is 18.2 Å². The van der Waals surface area contributed by atoms with E-state index in [1.807, 2.05) is 0 Å². The molecule has 0 aliphatic heterocycles. The van der Waals surface area contributed by atoms with Gasteiger partial charge in [0, 0.05) is 21.6 Å². The fraction of sp³-hybridized carbons (Fsp3) is 0.111. The smallest absolute Gasteiger partial charge is 0.361 e. The number of hydrogen-bond donors (Lipinski definition) is 1. The predicted molar refractivity (Wildman–Crippen MR) is 51.0 cm³/mol. The van der Waals surface area contributed by atoms with Gasteiger partial charge in [-0.1, -0.05) is 15.9 Å². The maximum absolute atomic E-state index is 12.4. The average Bonchev–Trinajstić information content (AvgIpc) is 2.45. The molecule has 1 aromatic heterocycles. The quantitative estimate of drug-likeness (QED) is 0.741. The highest BCUT2D eigenvalue weighted by atomic mass is 79.9. The lowest BCUT2D eigenvalue weighted by molar-refractivity contribution is -0.136. The molecule has 2 aromatic rings. The van der Waals surface area contributed by atoms with Gasteiger partial charge in [-0.15, -0.1) is 0 Å². The summed E-state index contributed by atoms with van der Waals surface area (Å²) in [6.07, 6.45) is -3.32. The number of aromatic amines is 1. The third kappa shape index (κ3) is 1.52. The Kier molecular flexibility index (Phi) is 2.06. The van der Waals surface area contributed by atoms with Crippen LogP contribution in [0.3, 0.4) is 0 Å². The van der Waals surface area contributed by atoms with Crippen molar-refractivity contribution in [2.24, 2.45) is 0 Å². The molecule has 0 amide bonds. The Morgan fingerprint density at radius 2 is 1.93 bits per heavy atom. The summed E-state index contributed by atoms with van der Waals surface area (Å²) in [5.74, 6) is 0. The molecule has 0 aliphatic carbocycles. The molecule has 1 nitrogen and oxygen atoms in total. The molecule has 2 rings (SSSR count). The summed E-state index contributed by atoms with van der Waals surface area (Å²) in [6.45, 7) is 0. The van der Waals surface area contributed by atoms with Crippen LogP contribution in [-0.4, -0.2) is 4.98 Å². The van der Waals surface area contributed by atoms with Crippen LogP contribution in [0.25, 0.3) is 10.9 Å². The normalized spacial score (nSPS) is 12.3. The van der Waals surface area contributed by atoms with E-state index in [0.29, 0.717) is 9.99 Å². The van der Waals surface area contributed by atoms with Crippen molar-refractivity contribution >= 4 is 26.8 Å². The van der Waals surface area contributed by atoms with Gasteiger partial charge in [-0.3, -0.25) is 0 Å². The van der Waals surface area contributed by atoms with Crippen LogP contribution in [-0.2, 0) is 6.18 Å². The number of alkyl halides is 3. The second kappa shape index (κ2) is 3.02. The first-order valence-electron chi connectivity index (χ1n) is 3.82. The highest BCUT2D eigenvalue weighted by molar-refractivity contribution is 9.10.